The van der Waals surface area contributed by atoms with E-state index in [1.807, 2.05) is 29.6 Å². The summed E-state index contributed by atoms with van der Waals surface area (Å²) in [5.41, 5.74) is 14.4. The Kier molecular flexibility index (Phi) is 12.4. The third-order valence-electron chi connectivity index (χ3n) is 6.54. The van der Waals surface area contributed by atoms with E-state index in [2.05, 4.69) is 17.1 Å². The maximum absolute atomic E-state index is 12.1. The van der Waals surface area contributed by atoms with Crippen LogP contribution < -0.4 is 16.2 Å². The number of carbonyl (C=O) groups is 2. The summed E-state index contributed by atoms with van der Waals surface area (Å²) in [4.78, 5) is 33.1. The van der Waals surface area contributed by atoms with Gasteiger partial charge in [0.1, 0.15) is 64.2 Å². The van der Waals surface area contributed by atoms with E-state index >= 15 is 0 Å². The van der Waals surface area contributed by atoms with Crippen molar-refractivity contribution in [2.45, 2.75) is 56.0 Å². The Morgan fingerprint density at radius 1 is 1.00 bits per heavy atom. The van der Waals surface area contributed by atoms with Crippen molar-refractivity contribution in [3.05, 3.63) is 75.8 Å². The van der Waals surface area contributed by atoms with E-state index in [0.29, 0.717) is 32.7 Å². The fourth-order valence-corrected chi connectivity index (χ4v) is 6.25. The molecule has 0 aliphatic rings. The highest BCUT2D eigenvalue weighted by molar-refractivity contribution is 7.98. The molecule has 0 aliphatic heterocycles. The van der Waals surface area contributed by atoms with Crippen LogP contribution in [0.1, 0.15) is 50.4 Å². The number of hydrogen-bond acceptors (Lipinski definition) is 13. The van der Waals surface area contributed by atoms with Crippen LogP contribution in [-0.4, -0.2) is 46.8 Å². The molecule has 248 valence electrons. The van der Waals surface area contributed by atoms with Crippen LogP contribution in [0.3, 0.4) is 0 Å². The van der Waals surface area contributed by atoms with E-state index in [4.69, 9.17) is 42.3 Å². The normalized spacial score (nSPS) is 11.6. The molecule has 0 saturated carbocycles. The quantitative estimate of drug-likeness (QED) is 0.0873. The molecule has 4 rings (SSSR count). The van der Waals surface area contributed by atoms with E-state index < -0.39 is 23.6 Å². The fourth-order valence-electron chi connectivity index (χ4n) is 4.31. The number of pyridine rings is 1. The van der Waals surface area contributed by atoms with E-state index in [-0.39, 0.29) is 43.0 Å². The van der Waals surface area contributed by atoms with Gasteiger partial charge >= 0.3 is 11.9 Å². The predicted molar refractivity (Wildman–Crippen MR) is 185 cm³/mol. The van der Waals surface area contributed by atoms with Gasteiger partial charge in [0.05, 0.1) is 11.3 Å². The zero-order valence-corrected chi connectivity index (χ0v) is 28.9. The Labute approximate surface area is 291 Å². The summed E-state index contributed by atoms with van der Waals surface area (Å²) in [6, 6.07) is 17.6. The number of carbonyl (C=O) groups excluding carboxylic acids is 2. The molecule has 2 heterocycles. The standard InChI is InChI=1S/C34H33ClN6O5S2/c1-34(2,3)46-33(43)27(38)12-13-28(42)45-15-14-44-24-10-6-20(7-11-24)29-25(16-36)30(39)41-32(26(29)17-37)48-19-23-18-47-31(40-23)21-4-8-22(35)9-5-21/h4-11,18,27H,12-15,19,38H2,1-3H3,(H2,39,41)/t27-/m1/s1. The van der Waals surface area contributed by atoms with Crippen molar-refractivity contribution in [3.8, 4) is 39.6 Å². The summed E-state index contributed by atoms with van der Waals surface area (Å²) >= 11 is 8.81. The molecule has 2 aromatic carbocycles. The number of benzene rings is 2. The maximum atomic E-state index is 12.1. The Bertz CT molecular complexity index is 1840. The maximum Gasteiger partial charge on any atom is 0.323 e. The smallest absolute Gasteiger partial charge is 0.323 e. The highest BCUT2D eigenvalue weighted by Gasteiger charge is 2.23. The molecule has 0 spiro atoms. The second kappa shape index (κ2) is 16.4. The molecule has 4 N–H and O–H groups in total. The van der Waals surface area contributed by atoms with Gasteiger partial charge in [-0.3, -0.25) is 9.59 Å². The number of nitrogen functional groups attached to an aromatic ring is 1. The molecular formula is C34H33ClN6O5S2. The lowest BCUT2D eigenvalue weighted by Crippen LogP contribution is -2.37. The lowest BCUT2D eigenvalue weighted by molar-refractivity contribution is -0.156. The number of halogens is 1. The van der Waals surface area contributed by atoms with E-state index in [9.17, 15) is 20.1 Å². The van der Waals surface area contributed by atoms with Gasteiger partial charge in [0.25, 0.3) is 0 Å². The fraction of sp³-hybridized carbons (Fsp3) is 0.294. The summed E-state index contributed by atoms with van der Waals surface area (Å²) in [6.07, 6.45) is 0.0580. The predicted octanol–water partition coefficient (Wildman–Crippen LogP) is 6.51. The second-order valence-electron chi connectivity index (χ2n) is 11.4. The number of nitrogens with two attached hydrogens (primary N) is 2. The highest BCUT2D eigenvalue weighted by Crippen LogP contribution is 2.37. The topological polar surface area (TPSA) is 187 Å². The van der Waals surface area contributed by atoms with Crippen molar-refractivity contribution in [2.24, 2.45) is 5.73 Å². The Hall–Kier alpha value is -4.66. The molecule has 2 aromatic heterocycles. The molecular weight excluding hydrogens is 672 g/mol. The van der Waals surface area contributed by atoms with Crippen LogP contribution >= 0.6 is 34.7 Å². The third-order valence-corrected chi connectivity index (χ3v) is 8.74. The van der Waals surface area contributed by atoms with Gasteiger partial charge in [0, 0.05) is 33.7 Å². The van der Waals surface area contributed by atoms with Crippen molar-refractivity contribution in [1.29, 1.82) is 10.5 Å². The minimum atomic E-state index is -0.924. The number of thiazole rings is 1. The second-order valence-corrected chi connectivity index (χ2v) is 13.6. The summed E-state index contributed by atoms with van der Waals surface area (Å²) in [6.45, 7) is 5.28. The monoisotopic (exact) mass is 704 g/mol. The van der Waals surface area contributed by atoms with E-state index in [1.54, 1.807) is 45.0 Å². The molecule has 0 radical (unpaired) electrons. The number of nitrogens with zero attached hydrogens (tertiary/aromatic N) is 4. The molecule has 0 saturated heterocycles. The number of anilines is 1. The largest absolute Gasteiger partial charge is 0.490 e. The van der Waals surface area contributed by atoms with Crippen molar-refractivity contribution < 1.29 is 23.8 Å². The Morgan fingerprint density at radius 3 is 2.31 bits per heavy atom. The Balaban J connectivity index is 1.36. The van der Waals surface area contributed by atoms with Crippen LogP contribution in [0.2, 0.25) is 5.02 Å². The van der Waals surface area contributed by atoms with E-state index in [1.165, 1.54) is 23.1 Å². The highest BCUT2D eigenvalue weighted by atomic mass is 35.5. The number of aromatic nitrogens is 2. The summed E-state index contributed by atoms with van der Waals surface area (Å²) in [5, 5.41) is 23.9. The minimum absolute atomic E-state index is 0.0128. The van der Waals surface area contributed by atoms with Gasteiger partial charge in [-0.2, -0.15) is 10.5 Å². The number of nitriles is 2. The molecule has 0 unspecified atom stereocenters. The third kappa shape index (κ3) is 9.92. The van der Waals surface area contributed by atoms with Crippen LogP contribution in [0, 0.1) is 22.7 Å². The Morgan fingerprint density at radius 2 is 1.67 bits per heavy atom. The summed E-state index contributed by atoms with van der Waals surface area (Å²) in [7, 11) is 0. The number of rotatable bonds is 13. The first-order valence-electron chi connectivity index (χ1n) is 14.7. The van der Waals surface area contributed by atoms with Crippen molar-refractivity contribution in [2.75, 3.05) is 18.9 Å². The number of esters is 2. The van der Waals surface area contributed by atoms with E-state index in [0.717, 1.165) is 16.3 Å². The number of ether oxygens (including phenoxy) is 3. The van der Waals surface area contributed by atoms with Gasteiger partial charge < -0.3 is 25.7 Å². The molecule has 14 heteroatoms. The van der Waals surface area contributed by atoms with Crippen LogP contribution in [0.25, 0.3) is 21.7 Å². The van der Waals surface area contributed by atoms with Crippen molar-refractivity contribution >= 4 is 52.5 Å². The first kappa shape index (κ1) is 36.2. The molecule has 4 aromatic rings. The molecule has 1 atom stereocenters. The van der Waals surface area contributed by atoms with Gasteiger partial charge in [-0.25, -0.2) is 9.97 Å². The zero-order chi connectivity index (χ0) is 34.8. The average Bonchev–Trinajstić information content (AvgIpc) is 3.53. The van der Waals surface area contributed by atoms with Crippen molar-refractivity contribution in [3.63, 3.8) is 0 Å². The lowest BCUT2D eigenvalue weighted by atomic mass is 9.97. The number of thioether (sulfide) groups is 1. The summed E-state index contributed by atoms with van der Waals surface area (Å²) in [5.74, 6) is -0.152. The minimum Gasteiger partial charge on any atom is -0.490 e. The van der Waals surface area contributed by atoms with Crippen molar-refractivity contribution in [1.82, 2.24) is 9.97 Å². The van der Waals surface area contributed by atoms with Gasteiger partial charge in [0.15, 0.2) is 0 Å². The molecule has 48 heavy (non-hydrogen) atoms. The van der Waals surface area contributed by atoms with Gasteiger partial charge in [0.2, 0.25) is 0 Å². The molecule has 0 amide bonds. The zero-order valence-electron chi connectivity index (χ0n) is 26.5. The SMILES string of the molecule is CC(C)(C)OC(=O)[C@H](N)CCC(=O)OCCOc1ccc(-c2c(C#N)c(N)nc(SCc3csc(-c4ccc(Cl)cc4)n3)c2C#N)cc1. The molecule has 0 aliphatic carbocycles. The molecule has 11 nitrogen and oxygen atoms in total. The average molecular weight is 705 g/mol. The van der Waals surface area contributed by atoms with Gasteiger partial charge in [-0.05, 0) is 57.0 Å². The summed E-state index contributed by atoms with van der Waals surface area (Å²) < 4.78 is 16.1. The first-order chi connectivity index (χ1) is 22.9. The number of hydrogen-bond donors (Lipinski definition) is 2. The molecule has 0 bridgehead atoms. The molecule has 0 fully saturated rings. The van der Waals surface area contributed by atoms with Gasteiger partial charge in [-0.1, -0.05) is 47.6 Å². The van der Waals surface area contributed by atoms with Gasteiger partial charge in [-0.15, -0.1) is 11.3 Å². The van der Waals surface area contributed by atoms with Crippen LogP contribution in [0.5, 0.6) is 5.75 Å². The van der Waals surface area contributed by atoms with Crippen LogP contribution in [-0.2, 0) is 24.8 Å². The first-order valence-corrected chi connectivity index (χ1v) is 17.0. The lowest BCUT2D eigenvalue weighted by Gasteiger charge is -2.22. The van der Waals surface area contributed by atoms with Crippen LogP contribution in [0.15, 0.2) is 58.9 Å². The van der Waals surface area contributed by atoms with Crippen LogP contribution in [0.4, 0.5) is 5.82 Å².